The lowest BCUT2D eigenvalue weighted by atomic mass is 9.95. The van der Waals surface area contributed by atoms with Gasteiger partial charge in [-0.3, -0.25) is 9.59 Å². The number of carbonyl (C=O) groups excluding carboxylic acids is 2. The molecule has 0 bridgehead atoms. The van der Waals surface area contributed by atoms with Gasteiger partial charge in [0.15, 0.2) is 0 Å². The van der Waals surface area contributed by atoms with Gasteiger partial charge in [0.2, 0.25) is 0 Å². The molecule has 1 aliphatic rings. The Hall–Kier alpha value is -1.84. The molecule has 1 aliphatic heterocycles. The van der Waals surface area contributed by atoms with E-state index < -0.39 is 11.9 Å². The van der Waals surface area contributed by atoms with Crippen molar-refractivity contribution in [3.8, 4) is 5.75 Å². The Morgan fingerprint density at radius 2 is 2.17 bits per heavy atom. The fraction of sp³-hybridized carbons (Fsp3) is 0.429. The second kappa shape index (κ2) is 5.21. The fourth-order valence-electron chi connectivity index (χ4n) is 2.15. The number of benzene rings is 1. The highest BCUT2D eigenvalue weighted by Crippen LogP contribution is 2.27. The molecular formula is C14H16O4. The van der Waals surface area contributed by atoms with Crippen molar-refractivity contribution in [1.29, 1.82) is 0 Å². The van der Waals surface area contributed by atoms with Gasteiger partial charge in [-0.1, -0.05) is 19.1 Å². The third-order valence-electron chi connectivity index (χ3n) is 3.18. The summed E-state index contributed by atoms with van der Waals surface area (Å²) < 4.78 is 9.84. The van der Waals surface area contributed by atoms with Crippen LogP contribution in [0.4, 0.5) is 0 Å². The lowest BCUT2D eigenvalue weighted by molar-refractivity contribution is -0.153. The van der Waals surface area contributed by atoms with Crippen LogP contribution in [0.3, 0.4) is 0 Å². The molecule has 4 heteroatoms. The van der Waals surface area contributed by atoms with E-state index in [-0.39, 0.29) is 12.3 Å². The molecule has 1 heterocycles. The van der Waals surface area contributed by atoms with Crippen molar-refractivity contribution in [2.24, 2.45) is 5.92 Å². The number of hydrogen-bond donors (Lipinski definition) is 0. The zero-order chi connectivity index (χ0) is 13.1. The molecule has 1 unspecified atom stereocenters. The van der Waals surface area contributed by atoms with Crippen LogP contribution in [0.5, 0.6) is 5.75 Å². The van der Waals surface area contributed by atoms with E-state index in [2.05, 4.69) is 11.7 Å². The van der Waals surface area contributed by atoms with Crippen molar-refractivity contribution >= 4 is 11.9 Å². The number of aryl methyl sites for hydroxylation is 1. The molecule has 1 aromatic carbocycles. The van der Waals surface area contributed by atoms with E-state index in [1.54, 1.807) is 7.11 Å². The predicted octanol–water partition coefficient (Wildman–Crippen LogP) is 1.89. The molecule has 0 radical (unpaired) electrons. The van der Waals surface area contributed by atoms with Crippen LogP contribution in [0.1, 0.15) is 24.5 Å². The molecule has 2 rings (SSSR count). The Morgan fingerprint density at radius 1 is 1.39 bits per heavy atom. The molecule has 4 nitrogen and oxygen atoms in total. The molecule has 1 fully saturated rings. The minimum atomic E-state index is -0.435. The minimum absolute atomic E-state index is 0.165. The van der Waals surface area contributed by atoms with E-state index in [4.69, 9.17) is 4.74 Å². The van der Waals surface area contributed by atoms with Gasteiger partial charge in [-0.05, 0) is 30.0 Å². The Labute approximate surface area is 106 Å². The molecule has 0 N–H and O–H groups in total. The largest absolute Gasteiger partial charge is 0.496 e. The first-order valence-corrected chi connectivity index (χ1v) is 6.04. The fourth-order valence-corrected chi connectivity index (χ4v) is 2.15. The average Bonchev–Trinajstić information content (AvgIpc) is 2.67. The highest BCUT2D eigenvalue weighted by molar-refractivity contribution is 5.94. The van der Waals surface area contributed by atoms with Crippen LogP contribution in [-0.4, -0.2) is 19.0 Å². The van der Waals surface area contributed by atoms with Crippen molar-refractivity contribution < 1.29 is 19.1 Å². The van der Waals surface area contributed by atoms with Crippen LogP contribution >= 0.6 is 0 Å². The van der Waals surface area contributed by atoms with Crippen molar-refractivity contribution in [2.75, 3.05) is 7.11 Å². The van der Waals surface area contributed by atoms with Crippen LogP contribution in [0.2, 0.25) is 0 Å². The summed E-state index contributed by atoms with van der Waals surface area (Å²) in [6.07, 6.45) is 1.57. The van der Waals surface area contributed by atoms with E-state index in [9.17, 15) is 9.59 Å². The number of cyclic esters (lactones) is 2. The first-order valence-electron chi connectivity index (χ1n) is 6.04. The van der Waals surface area contributed by atoms with E-state index >= 15 is 0 Å². The average molecular weight is 248 g/mol. The number of rotatable bonds is 4. The van der Waals surface area contributed by atoms with Crippen molar-refractivity contribution in [1.82, 2.24) is 0 Å². The second-order valence-electron chi connectivity index (χ2n) is 4.40. The number of hydrogen-bond acceptors (Lipinski definition) is 4. The molecule has 0 saturated carbocycles. The first kappa shape index (κ1) is 12.6. The Kier molecular flexibility index (Phi) is 3.65. The molecule has 0 amide bonds. The van der Waals surface area contributed by atoms with Crippen molar-refractivity contribution in [3.63, 3.8) is 0 Å². The summed E-state index contributed by atoms with van der Waals surface area (Å²) >= 11 is 0. The molecular weight excluding hydrogens is 232 g/mol. The van der Waals surface area contributed by atoms with Gasteiger partial charge in [0.05, 0.1) is 19.4 Å². The maximum atomic E-state index is 11.5. The standard InChI is InChI=1S/C14H16O4/c1-3-9-4-5-12(17-2)10(6-9)7-11-8-13(15)18-14(11)16/h4-6,11H,3,7-8H2,1-2H3. The van der Waals surface area contributed by atoms with E-state index in [1.807, 2.05) is 18.2 Å². The van der Waals surface area contributed by atoms with Gasteiger partial charge in [-0.15, -0.1) is 0 Å². The summed E-state index contributed by atoms with van der Waals surface area (Å²) in [7, 11) is 1.60. The van der Waals surface area contributed by atoms with Gasteiger partial charge in [-0.2, -0.15) is 0 Å². The summed E-state index contributed by atoms with van der Waals surface area (Å²) in [5.74, 6) is -0.488. The first-order chi connectivity index (χ1) is 8.63. The Morgan fingerprint density at radius 3 is 2.72 bits per heavy atom. The second-order valence-corrected chi connectivity index (χ2v) is 4.40. The summed E-state index contributed by atoms with van der Waals surface area (Å²) in [4.78, 5) is 22.5. The number of ether oxygens (including phenoxy) is 2. The molecule has 96 valence electrons. The molecule has 0 aromatic heterocycles. The predicted molar refractivity (Wildman–Crippen MR) is 65.3 cm³/mol. The van der Waals surface area contributed by atoms with E-state index in [0.717, 1.165) is 17.7 Å². The highest BCUT2D eigenvalue weighted by Gasteiger charge is 2.33. The lowest BCUT2D eigenvalue weighted by Crippen LogP contribution is -2.11. The van der Waals surface area contributed by atoms with Crippen LogP contribution in [0, 0.1) is 5.92 Å². The van der Waals surface area contributed by atoms with Gasteiger partial charge in [0.25, 0.3) is 0 Å². The molecule has 1 aromatic rings. The van der Waals surface area contributed by atoms with Gasteiger partial charge in [0.1, 0.15) is 5.75 Å². The smallest absolute Gasteiger partial charge is 0.317 e. The maximum absolute atomic E-state index is 11.5. The van der Waals surface area contributed by atoms with Crippen LogP contribution in [0.15, 0.2) is 18.2 Å². The maximum Gasteiger partial charge on any atom is 0.317 e. The van der Waals surface area contributed by atoms with Crippen LogP contribution in [-0.2, 0) is 27.2 Å². The normalized spacial score (nSPS) is 18.9. The summed E-state index contributed by atoms with van der Waals surface area (Å²) in [5.41, 5.74) is 2.14. The minimum Gasteiger partial charge on any atom is -0.496 e. The highest BCUT2D eigenvalue weighted by atomic mass is 16.6. The quantitative estimate of drug-likeness (QED) is 0.603. The summed E-state index contributed by atoms with van der Waals surface area (Å²) in [6, 6.07) is 5.92. The van der Waals surface area contributed by atoms with Gasteiger partial charge >= 0.3 is 11.9 Å². The third kappa shape index (κ3) is 2.53. The Balaban J connectivity index is 2.21. The van der Waals surface area contributed by atoms with Crippen LogP contribution in [0.25, 0.3) is 0 Å². The number of methoxy groups -OCH3 is 1. The van der Waals surface area contributed by atoms with E-state index in [0.29, 0.717) is 6.42 Å². The van der Waals surface area contributed by atoms with E-state index in [1.165, 1.54) is 5.56 Å². The lowest BCUT2D eigenvalue weighted by Gasteiger charge is -2.11. The zero-order valence-corrected chi connectivity index (χ0v) is 10.6. The van der Waals surface area contributed by atoms with Gasteiger partial charge < -0.3 is 9.47 Å². The Bertz CT molecular complexity index is 479. The van der Waals surface area contributed by atoms with Crippen molar-refractivity contribution in [3.05, 3.63) is 29.3 Å². The number of esters is 2. The number of carbonyl (C=O) groups is 2. The van der Waals surface area contributed by atoms with Gasteiger partial charge in [-0.25, -0.2) is 0 Å². The topological polar surface area (TPSA) is 52.6 Å². The SMILES string of the molecule is CCc1ccc(OC)c(CC2CC(=O)OC2=O)c1. The molecule has 18 heavy (non-hydrogen) atoms. The zero-order valence-electron chi connectivity index (χ0n) is 10.6. The van der Waals surface area contributed by atoms with Crippen LogP contribution < -0.4 is 4.74 Å². The third-order valence-corrected chi connectivity index (χ3v) is 3.18. The van der Waals surface area contributed by atoms with Gasteiger partial charge in [0, 0.05) is 0 Å². The molecule has 1 saturated heterocycles. The summed E-state index contributed by atoms with van der Waals surface area (Å²) in [5, 5.41) is 0. The molecule has 0 aliphatic carbocycles. The molecule has 0 spiro atoms. The molecule has 1 atom stereocenters. The monoisotopic (exact) mass is 248 g/mol. The van der Waals surface area contributed by atoms with Crippen molar-refractivity contribution in [2.45, 2.75) is 26.2 Å². The summed E-state index contributed by atoms with van der Waals surface area (Å²) in [6.45, 7) is 2.07.